The summed E-state index contributed by atoms with van der Waals surface area (Å²) in [5.74, 6) is -1.35. The van der Waals surface area contributed by atoms with E-state index >= 15 is 0 Å². The Balaban J connectivity index is 0.000000242. The second kappa shape index (κ2) is 24.4. The molecular formula is C50H57ClN4O12. The first-order chi connectivity index (χ1) is 31.9. The van der Waals surface area contributed by atoms with Gasteiger partial charge in [-0.25, -0.2) is 24.0 Å². The third-order valence-corrected chi connectivity index (χ3v) is 10.8. The van der Waals surface area contributed by atoms with Crippen molar-refractivity contribution in [3.63, 3.8) is 0 Å². The molecule has 4 aromatic carbocycles. The van der Waals surface area contributed by atoms with E-state index in [1.54, 1.807) is 0 Å². The summed E-state index contributed by atoms with van der Waals surface area (Å²) >= 11 is 5.25. The van der Waals surface area contributed by atoms with Crippen LogP contribution in [0.25, 0.3) is 22.3 Å². The van der Waals surface area contributed by atoms with Crippen molar-refractivity contribution in [3.8, 4) is 22.3 Å². The fourth-order valence-corrected chi connectivity index (χ4v) is 7.77. The number of ether oxygens (including phenoxy) is 6. The number of methoxy groups -OCH3 is 2. The van der Waals surface area contributed by atoms with Crippen LogP contribution in [0.5, 0.6) is 0 Å². The second-order valence-corrected chi connectivity index (χ2v) is 16.2. The standard InChI is InChI=1S/C25H28N2O6.C15H11ClO2.C10H18N2O4/c1-5-14-32-24(30)27(3)16-25(2,22(28)31-4)26-23(29)33-15-21-19-12-8-6-10-17(19)18-11-7-9-13-20(18)21;16-15(17)18-9-14-12-7-3-1-5-10(12)11-6-2-4-8-13(11)14;1-5-6-16-9(14)12(3)7-10(2,11)8(13)15-4/h5-13,21H,1,14-16H2,2-4H3,(H,26,29);1-8,14H,9H2;5H,1,6-7,11H2,2-4H3/t25-;;10-/m0.0/s1. The molecule has 0 saturated heterocycles. The Morgan fingerprint density at radius 2 is 0.970 bits per heavy atom. The molecule has 0 spiro atoms. The first-order valence-corrected chi connectivity index (χ1v) is 21.4. The molecule has 2 atom stereocenters. The van der Waals surface area contributed by atoms with Gasteiger partial charge in [-0.1, -0.05) is 122 Å². The SMILES string of the molecule is C=CCOC(=O)N(C)C[C@](C)(N)C(=O)OC.C=CCOC(=O)N(C)C[C@](C)(NC(=O)OCC1c2ccccc2-c2ccccc21)C(=O)OC.O=C(Cl)OCC1c2ccccc2-c2ccccc21. The zero-order valence-electron chi connectivity index (χ0n) is 38.5. The Morgan fingerprint density at radius 3 is 1.33 bits per heavy atom. The Morgan fingerprint density at radius 1 is 0.612 bits per heavy atom. The predicted octanol–water partition coefficient (Wildman–Crippen LogP) is 8.02. The van der Waals surface area contributed by atoms with Gasteiger partial charge < -0.3 is 49.3 Å². The van der Waals surface area contributed by atoms with E-state index in [0.29, 0.717) is 0 Å². The summed E-state index contributed by atoms with van der Waals surface area (Å²) in [5, 5.41) is 2.55. The second-order valence-electron chi connectivity index (χ2n) is 15.9. The van der Waals surface area contributed by atoms with E-state index in [4.69, 9.17) is 41.0 Å². The van der Waals surface area contributed by atoms with E-state index < -0.39 is 46.7 Å². The van der Waals surface area contributed by atoms with Crippen LogP contribution >= 0.6 is 11.6 Å². The average Bonchev–Trinajstić information content (AvgIpc) is 3.82. The van der Waals surface area contributed by atoms with Gasteiger partial charge in [-0.2, -0.15) is 0 Å². The van der Waals surface area contributed by atoms with Crippen molar-refractivity contribution in [2.24, 2.45) is 5.73 Å². The molecule has 3 N–H and O–H groups in total. The average molecular weight is 941 g/mol. The Kier molecular flexibility index (Phi) is 19.1. The number of alkyl carbamates (subject to hydrolysis) is 1. The van der Waals surface area contributed by atoms with Crippen molar-refractivity contribution in [2.75, 3.05) is 67.8 Å². The lowest BCUT2D eigenvalue weighted by atomic mass is 9.98. The molecule has 0 heterocycles. The van der Waals surface area contributed by atoms with Gasteiger partial charge in [0, 0.05) is 37.5 Å². The van der Waals surface area contributed by atoms with Gasteiger partial charge in [0.1, 0.15) is 32.0 Å². The van der Waals surface area contributed by atoms with Crippen LogP contribution in [-0.4, -0.2) is 124 Å². The normalized spacial score (nSPS) is 13.4. The van der Waals surface area contributed by atoms with Crippen LogP contribution in [0.2, 0.25) is 0 Å². The highest BCUT2D eigenvalue weighted by molar-refractivity contribution is 6.61. The topological polar surface area (TPSA) is 202 Å². The number of fused-ring (bicyclic) bond motifs is 6. The van der Waals surface area contributed by atoms with Crippen molar-refractivity contribution in [3.05, 3.63) is 145 Å². The van der Waals surface area contributed by atoms with Gasteiger partial charge in [-0.3, -0.25) is 4.79 Å². The summed E-state index contributed by atoms with van der Waals surface area (Å²) in [6, 6.07) is 32.4. The van der Waals surface area contributed by atoms with Gasteiger partial charge in [0.25, 0.3) is 0 Å². The summed E-state index contributed by atoms with van der Waals surface area (Å²) in [4.78, 5) is 73.0. The van der Waals surface area contributed by atoms with E-state index in [1.165, 1.54) is 86.4 Å². The van der Waals surface area contributed by atoms with Gasteiger partial charge in [0.15, 0.2) is 5.54 Å². The van der Waals surface area contributed by atoms with E-state index in [9.17, 15) is 28.8 Å². The van der Waals surface area contributed by atoms with E-state index in [2.05, 4.69) is 47.5 Å². The van der Waals surface area contributed by atoms with Crippen LogP contribution in [0.3, 0.4) is 0 Å². The first-order valence-electron chi connectivity index (χ1n) is 21.0. The van der Waals surface area contributed by atoms with Crippen LogP contribution in [0.4, 0.5) is 19.2 Å². The number of hydrogen-bond donors (Lipinski definition) is 2. The first kappa shape index (κ1) is 52.5. The highest BCUT2D eigenvalue weighted by Gasteiger charge is 2.40. The lowest BCUT2D eigenvalue weighted by Gasteiger charge is -2.31. The van der Waals surface area contributed by atoms with Crippen LogP contribution in [-0.2, 0) is 38.0 Å². The zero-order chi connectivity index (χ0) is 49.3. The summed E-state index contributed by atoms with van der Waals surface area (Å²) in [5.41, 5.74) is 11.3. The lowest BCUT2D eigenvalue weighted by Crippen LogP contribution is -2.59. The minimum absolute atomic E-state index is 0.00957. The van der Waals surface area contributed by atoms with Crippen molar-refractivity contribution in [1.82, 2.24) is 15.1 Å². The molecule has 4 aromatic rings. The van der Waals surface area contributed by atoms with Crippen LogP contribution in [0.1, 0.15) is 47.9 Å². The third-order valence-electron chi connectivity index (χ3n) is 10.7. The fraction of sp³-hybridized carbons (Fsp3) is 0.320. The number of nitrogens with zero attached hydrogens (tertiary/aromatic N) is 2. The molecule has 0 aliphatic heterocycles. The number of amides is 3. The minimum atomic E-state index is -1.54. The highest BCUT2D eigenvalue weighted by atomic mass is 35.5. The summed E-state index contributed by atoms with van der Waals surface area (Å²) < 4.78 is 29.6. The molecule has 17 heteroatoms. The smallest absolute Gasteiger partial charge is 0.409 e. The molecule has 2 aliphatic carbocycles. The lowest BCUT2D eigenvalue weighted by molar-refractivity contribution is -0.148. The van der Waals surface area contributed by atoms with E-state index in [0.717, 1.165) is 22.3 Å². The fourth-order valence-electron chi connectivity index (χ4n) is 7.70. The number of benzene rings is 4. The highest BCUT2D eigenvalue weighted by Crippen LogP contribution is 2.45. The molecular weight excluding hydrogens is 884 g/mol. The van der Waals surface area contributed by atoms with Gasteiger partial charge in [0.05, 0.1) is 27.3 Å². The van der Waals surface area contributed by atoms with Gasteiger partial charge in [0.2, 0.25) is 0 Å². The maximum absolute atomic E-state index is 12.7. The number of nitrogens with two attached hydrogens (primary N) is 1. The van der Waals surface area contributed by atoms with Crippen molar-refractivity contribution in [2.45, 2.75) is 36.8 Å². The molecule has 67 heavy (non-hydrogen) atoms. The van der Waals surface area contributed by atoms with Crippen molar-refractivity contribution >= 4 is 47.2 Å². The zero-order valence-corrected chi connectivity index (χ0v) is 39.2. The number of esters is 2. The van der Waals surface area contributed by atoms with Gasteiger partial charge in [-0.05, 0) is 58.4 Å². The molecule has 2 aliphatic rings. The molecule has 16 nitrogen and oxygen atoms in total. The minimum Gasteiger partial charge on any atom is -0.468 e. The van der Waals surface area contributed by atoms with E-state index in [-0.39, 0.29) is 51.4 Å². The predicted molar refractivity (Wildman–Crippen MR) is 253 cm³/mol. The number of hydrogen-bond acceptors (Lipinski definition) is 13. The van der Waals surface area contributed by atoms with Crippen LogP contribution < -0.4 is 11.1 Å². The molecule has 3 amide bonds. The quantitative estimate of drug-likeness (QED) is 0.0503. The number of nitrogens with one attached hydrogen (secondary N) is 1. The maximum atomic E-state index is 12.7. The largest absolute Gasteiger partial charge is 0.468 e. The summed E-state index contributed by atoms with van der Waals surface area (Å²) in [6.45, 7) is 10.2. The number of likely N-dealkylation sites (N-methyl/N-ethyl adjacent to an activating group) is 2. The monoisotopic (exact) mass is 940 g/mol. The van der Waals surface area contributed by atoms with Crippen molar-refractivity contribution in [1.29, 1.82) is 0 Å². The van der Waals surface area contributed by atoms with E-state index in [1.807, 2.05) is 72.8 Å². The Labute approximate surface area is 395 Å². The van der Waals surface area contributed by atoms with Gasteiger partial charge >= 0.3 is 35.6 Å². The molecule has 6 rings (SSSR count). The molecule has 0 fully saturated rings. The maximum Gasteiger partial charge on any atom is 0.409 e. The Hall–Kier alpha value is -7.17. The molecule has 0 aromatic heterocycles. The Bertz CT molecular complexity index is 2330. The number of rotatable bonds is 15. The molecule has 0 unspecified atom stereocenters. The molecule has 0 radical (unpaired) electrons. The number of carbonyl (C=O) groups excluding carboxylic acids is 6. The van der Waals surface area contributed by atoms with Crippen molar-refractivity contribution < 1.29 is 57.2 Å². The molecule has 0 saturated carbocycles. The number of carbonyl (C=O) groups is 6. The van der Waals surface area contributed by atoms with Crippen LogP contribution in [0, 0.1) is 0 Å². The molecule has 0 bridgehead atoms. The summed E-state index contributed by atoms with van der Waals surface area (Å²) in [7, 11) is 5.38. The number of halogens is 1. The third kappa shape index (κ3) is 13.7. The van der Waals surface area contributed by atoms with Crippen LogP contribution in [0.15, 0.2) is 122 Å². The van der Waals surface area contributed by atoms with Gasteiger partial charge in [-0.15, -0.1) is 0 Å². The summed E-state index contributed by atoms with van der Waals surface area (Å²) in [6.07, 6.45) is 0.853. The molecule has 356 valence electrons.